The van der Waals surface area contributed by atoms with Crippen LogP contribution in [0.15, 0.2) is 48.5 Å². The lowest BCUT2D eigenvalue weighted by molar-refractivity contribution is 0.687. The minimum absolute atomic E-state index is 0.425. The fourth-order valence-corrected chi connectivity index (χ4v) is 1.89. The molecule has 2 aromatic carbocycles. The van der Waals surface area contributed by atoms with E-state index < -0.39 is 5.41 Å². The lowest BCUT2D eigenvalue weighted by atomic mass is 9.85. The quantitative estimate of drug-likeness (QED) is 0.753. The normalized spacial score (nSPS) is 11.0. The van der Waals surface area contributed by atoms with E-state index in [0.717, 1.165) is 5.56 Å². The fourth-order valence-electron chi connectivity index (χ4n) is 1.89. The molecular weight excluding hydrogens is 218 g/mol. The second-order valence-corrected chi connectivity index (χ2v) is 5.18. The first-order valence-corrected chi connectivity index (χ1v) is 6.12. The predicted octanol–water partition coefficient (Wildman–Crippen LogP) is 4.46. The lowest BCUT2D eigenvalue weighted by Gasteiger charge is -2.16. The van der Waals surface area contributed by atoms with Gasteiger partial charge in [-0.15, -0.1) is 0 Å². The molecule has 0 saturated heterocycles. The molecule has 90 valence electrons. The molecule has 0 aliphatic heterocycles. The monoisotopic (exact) mass is 235 g/mol. The highest BCUT2D eigenvalue weighted by Crippen LogP contribution is 2.26. The zero-order valence-corrected chi connectivity index (χ0v) is 11.1. The van der Waals surface area contributed by atoms with Gasteiger partial charge in [0.25, 0.3) is 0 Å². The van der Waals surface area contributed by atoms with Crippen LogP contribution in [-0.4, -0.2) is 0 Å². The van der Waals surface area contributed by atoms with Gasteiger partial charge in [-0.25, -0.2) is 0 Å². The van der Waals surface area contributed by atoms with Crippen LogP contribution in [0.5, 0.6) is 0 Å². The third kappa shape index (κ3) is 2.43. The van der Waals surface area contributed by atoms with Crippen LogP contribution in [0.25, 0.3) is 11.1 Å². The Morgan fingerprint density at radius 3 is 1.72 bits per heavy atom. The summed E-state index contributed by atoms with van der Waals surface area (Å²) in [5, 5.41) is 9.11. The van der Waals surface area contributed by atoms with Gasteiger partial charge < -0.3 is 0 Å². The zero-order chi connectivity index (χ0) is 13.2. The maximum absolute atomic E-state index is 9.11. The Morgan fingerprint density at radius 1 is 0.833 bits per heavy atom. The first kappa shape index (κ1) is 12.4. The first-order chi connectivity index (χ1) is 8.53. The number of nitriles is 1. The van der Waals surface area contributed by atoms with E-state index in [1.165, 1.54) is 16.7 Å². The smallest absolute Gasteiger partial charge is 0.0766 e. The highest BCUT2D eigenvalue weighted by molar-refractivity contribution is 5.64. The van der Waals surface area contributed by atoms with Crippen LogP contribution >= 0.6 is 0 Å². The maximum atomic E-state index is 9.11. The summed E-state index contributed by atoms with van der Waals surface area (Å²) in [7, 11) is 0. The van der Waals surface area contributed by atoms with E-state index in [-0.39, 0.29) is 0 Å². The van der Waals surface area contributed by atoms with Gasteiger partial charge in [-0.1, -0.05) is 54.1 Å². The van der Waals surface area contributed by atoms with Gasteiger partial charge in [0.05, 0.1) is 11.5 Å². The van der Waals surface area contributed by atoms with Gasteiger partial charge in [0.2, 0.25) is 0 Å². The third-order valence-corrected chi connectivity index (χ3v) is 3.27. The minimum Gasteiger partial charge on any atom is -0.197 e. The van der Waals surface area contributed by atoms with Crippen LogP contribution in [0.3, 0.4) is 0 Å². The Kier molecular flexibility index (Phi) is 3.21. The Bertz CT molecular complexity index is 569. The number of hydrogen-bond donors (Lipinski definition) is 0. The van der Waals surface area contributed by atoms with Crippen molar-refractivity contribution in [1.29, 1.82) is 5.26 Å². The zero-order valence-electron chi connectivity index (χ0n) is 11.1. The first-order valence-electron chi connectivity index (χ1n) is 6.12. The van der Waals surface area contributed by atoms with E-state index in [0.29, 0.717) is 0 Å². The van der Waals surface area contributed by atoms with Gasteiger partial charge >= 0.3 is 0 Å². The molecule has 1 heteroatoms. The van der Waals surface area contributed by atoms with E-state index in [1.807, 2.05) is 26.0 Å². The molecule has 0 aromatic heterocycles. The molecule has 0 bridgehead atoms. The van der Waals surface area contributed by atoms with E-state index >= 15 is 0 Å². The van der Waals surface area contributed by atoms with Crippen LogP contribution in [0, 0.1) is 18.3 Å². The number of hydrogen-bond acceptors (Lipinski definition) is 1. The average molecular weight is 235 g/mol. The van der Waals surface area contributed by atoms with Crippen LogP contribution < -0.4 is 0 Å². The van der Waals surface area contributed by atoms with Gasteiger partial charge in [0.1, 0.15) is 0 Å². The van der Waals surface area contributed by atoms with Crippen LogP contribution in [0.1, 0.15) is 25.0 Å². The van der Waals surface area contributed by atoms with Crippen molar-refractivity contribution in [2.24, 2.45) is 0 Å². The summed E-state index contributed by atoms with van der Waals surface area (Å²) < 4.78 is 0. The molecule has 2 aromatic rings. The lowest BCUT2D eigenvalue weighted by Crippen LogP contribution is -2.13. The summed E-state index contributed by atoms with van der Waals surface area (Å²) in [5.74, 6) is 0. The molecule has 0 unspecified atom stereocenters. The summed E-state index contributed by atoms with van der Waals surface area (Å²) in [6, 6.07) is 19.0. The van der Waals surface area contributed by atoms with E-state index in [9.17, 15) is 0 Å². The summed E-state index contributed by atoms with van der Waals surface area (Å²) in [4.78, 5) is 0. The van der Waals surface area contributed by atoms with Crippen molar-refractivity contribution >= 4 is 0 Å². The van der Waals surface area contributed by atoms with E-state index in [2.05, 4.69) is 49.4 Å². The molecule has 2 rings (SSSR count). The molecule has 0 radical (unpaired) electrons. The van der Waals surface area contributed by atoms with Crippen LogP contribution in [-0.2, 0) is 5.41 Å². The maximum Gasteiger partial charge on any atom is 0.0766 e. The van der Waals surface area contributed by atoms with Gasteiger partial charge in [-0.05, 0) is 37.5 Å². The van der Waals surface area contributed by atoms with Gasteiger partial charge in [0, 0.05) is 0 Å². The summed E-state index contributed by atoms with van der Waals surface area (Å²) >= 11 is 0. The molecule has 0 amide bonds. The second kappa shape index (κ2) is 4.66. The minimum atomic E-state index is -0.425. The van der Waals surface area contributed by atoms with Crippen molar-refractivity contribution in [3.05, 3.63) is 59.7 Å². The van der Waals surface area contributed by atoms with E-state index in [4.69, 9.17) is 5.26 Å². The van der Waals surface area contributed by atoms with Crippen LogP contribution in [0.2, 0.25) is 0 Å². The molecule has 0 atom stereocenters. The largest absolute Gasteiger partial charge is 0.197 e. The summed E-state index contributed by atoms with van der Waals surface area (Å²) in [6.45, 7) is 5.96. The standard InChI is InChI=1S/C17H17N/c1-13-4-6-14(7-5-13)15-8-10-16(11-9-15)17(2,3)12-18/h4-11H,1-3H3. The second-order valence-electron chi connectivity index (χ2n) is 5.18. The molecule has 18 heavy (non-hydrogen) atoms. The molecule has 0 spiro atoms. The molecule has 0 heterocycles. The third-order valence-electron chi connectivity index (χ3n) is 3.27. The van der Waals surface area contributed by atoms with Crippen LogP contribution in [0.4, 0.5) is 0 Å². The van der Waals surface area contributed by atoms with Crippen molar-refractivity contribution in [3.8, 4) is 17.2 Å². The van der Waals surface area contributed by atoms with Crippen molar-refractivity contribution in [2.75, 3.05) is 0 Å². The van der Waals surface area contributed by atoms with Crippen molar-refractivity contribution < 1.29 is 0 Å². The Labute approximate surface area is 109 Å². The number of aryl methyl sites for hydroxylation is 1. The average Bonchev–Trinajstić information content (AvgIpc) is 2.40. The molecule has 0 saturated carbocycles. The fraction of sp³-hybridized carbons (Fsp3) is 0.235. The van der Waals surface area contributed by atoms with Crippen molar-refractivity contribution in [3.63, 3.8) is 0 Å². The number of nitrogens with zero attached hydrogens (tertiary/aromatic N) is 1. The highest BCUT2D eigenvalue weighted by Gasteiger charge is 2.19. The SMILES string of the molecule is Cc1ccc(-c2ccc(C(C)(C)C#N)cc2)cc1. The predicted molar refractivity (Wildman–Crippen MR) is 75.3 cm³/mol. The molecular formula is C17H17N. The van der Waals surface area contributed by atoms with Gasteiger partial charge in [0.15, 0.2) is 0 Å². The summed E-state index contributed by atoms with van der Waals surface area (Å²) in [5.41, 5.74) is 4.29. The van der Waals surface area contributed by atoms with Crippen molar-refractivity contribution in [1.82, 2.24) is 0 Å². The van der Waals surface area contributed by atoms with Crippen molar-refractivity contribution in [2.45, 2.75) is 26.2 Å². The van der Waals surface area contributed by atoms with E-state index in [1.54, 1.807) is 0 Å². The highest BCUT2D eigenvalue weighted by atomic mass is 14.3. The molecule has 0 fully saturated rings. The summed E-state index contributed by atoms with van der Waals surface area (Å²) in [6.07, 6.45) is 0. The Hall–Kier alpha value is -2.07. The number of rotatable bonds is 2. The van der Waals surface area contributed by atoms with Gasteiger partial charge in [-0.3, -0.25) is 0 Å². The van der Waals surface area contributed by atoms with Gasteiger partial charge in [-0.2, -0.15) is 5.26 Å². The topological polar surface area (TPSA) is 23.8 Å². The molecule has 0 aliphatic carbocycles. The Morgan fingerprint density at radius 2 is 1.28 bits per heavy atom. The molecule has 0 N–H and O–H groups in total. The Balaban J connectivity index is 2.34. The molecule has 1 nitrogen and oxygen atoms in total. The number of benzene rings is 2. The molecule has 0 aliphatic rings.